The van der Waals surface area contributed by atoms with Gasteiger partial charge in [0.05, 0.1) is 6.61 Å². The molecular weight excluding hydrogens is 268 g/mol. The molecule has 0 radical (unpaired) electrons. The fourth-order valence-corrected chi connectivity index (χ4v) is 1.88. The first-order valence-corrected chi connectivity index (χ1v) is 6.50. The maximum atomic E-state index is 13.4. The summed E-state index contributed by atoms with van der Waals surface area (Å²) in [6, 6.07) is 3.87. The van der Waals surface area contributed by atoms with Crippen LogP contribution in [0.4, 0.5) is 8.78 Å². The van der Waals surface area contributed by atoms with E-state index in [9.17, 15) is 18.7 Å². The second-order valence-corrected chi connectivity index (χ2v) is 5.21. The van der Waals surface area contributed by atoms with Gasteiger partial charge in [0.2, 0.25) is 5.82 Å². The van der Waals surface area contributed by atoms with Gasteiger partial charge in [-0.05, 0) is 31.9 Å². The summed E-state index contributed by atoms with van der Waals surface area (Å²) >= 11 is 0. The monoisotopic (exact) mass is 285 g/mol. The van der Waals surface area contributed by atoms with E-state index in [1.165, 1.54) is 12.1 Å². The lowest BCUT2D eigenvalue weighted by Crippen LogP contribution is -2.51. The Morgan fingerprint density at radius 1 is 1.50 bits per heavy atom. The molecule has 110 valence electrons. The van der Waals surface area contributed by atoms with E-state index >= 15 is 0 Å². The van der Waals surface area contributed by atoms with Gasteiger partial charge in [-0.1, -0.05) is 6.07 Å². The Labute approximate surface area is 115 Å². The average molecular weight is 285 g/mol. The topological polar surface area (TPSA) is 58.6 Å². The molecule has 0 aliphatic heterocycles. The third-order valence-electron chi connectivity index (χ3n) is 3.35. The summed E-state index contributed by atoms with van der Waals surface area (Å²) in [5.41, 5.74) is -1.12. The quantitative estimate of drug-likeness (QED) is 0.807. The molecule has 2 rings (SSSR count). The van der Waals surface area contributed by atoms with Crippen LogP contribution in [0, 0.1) is 11.6 Å². The van der Waals surface area contributed by atoms with Crippen molar-refractivity contribution in [3.05, 3.63) is 29.8 Å². The van der Waals surface area contributed by atoms with Crippen molar-refractivity contribution >= 4 is 5.97 Å². The number of carboxylic acid groups (broad SMARTS) is 1. The molecule has 6 heteroatoms. The number of nitrogens with one attached hydrogen (secondary N) is 1. The highest BCUT2D eigenvalue weighted by Crippen LogP contribution is 2.25. The minimum atomic E-state index is -1.12. The summed E-state index contributed by atoms with van der Waals surface area (Å²) in [5.74, 6) is -3.23. The Morgan fingerprint density at radius 2 is 2.20 bits per heavy atom. The molecule has 1 aliphatic rings. The third-order valence-corrected chi connectivity index (χ3v) is 3.35. The smallest absolute Gasteiger partial charge is 0.323 e. The van der Waals surface area contributed by atoms with Crippen LogP contribution in [-0.2, 0) is 4.79 Å². The first-order chi connectivity index (χ1) is 9.42. The van der Waals surface area contributed by atoms with E-state index < -0.39 is 23.1 Å². The van der Waals surface area contributed by atoms with Gasteiger partial charge in [-0.3, -0.25) is 10.1 Å². The third kappa shape index (κ3) is 3.45. The van der Waals surface area contributed by atoms with E-state index in [0.717, 1.165) is 18.9 Å². The minimum Gasteiger partial charge on any atom is -0.490 e. The van der Waals surface area contributed by atoms with Crippen LogP contribution in [0.15, 0.2) is 18.2 Å². The summed E-state index contributed by atoms with van der Waals surface area (Å²) in [6.45, 7) is 1.56. The van der Waals surface area contributed by atoms with Crippen molar-refractivity contribution in [2.75, 3.05) is 6.61 Å². The van der Waals surface area contributed by atoms with Crippen LogP contribution < -0.4 is 10.1 Å². The molecule has 0 spiro atoms. The summed E-state index contributed by atoms with van der Waals surface area (Å²) < 4.78 is 31.5. The number of ether oxygens (including phenoxy) is 1. The number of carbonyl (C=O) groups is 1. The average Bonchev–Trinajstić information content (AvgIpc) is 3.18. The molecule has 2 N–H and O–H groups in total. The van der Waals surface area contributed by atoms with Gasteiger partial charge < -0.3 is 9.84 Å². The number of carboxylic acids is 1. The number of aliphatic carboxylic acids is 1. The predicted octanol–water partition coefficient (Wildman–Crippen LogP) is 2.33. The molecule has 0 aromatic heterocycles. The number of hydrogen-bond donors (Lipinski definition) is 2. The summed E-state index contributed by atoms with van der Waals surface area (Å²) in [7, 11) is 0. The first-order valence-electron chi connectivity index (χ1n) is 6.50. The number of hydrogen-bond acceptors (Lipinski definition) is 3. The van der Waals surface area contributed by atoms with Crippen molar-refractivity contribution in [2.45, 2.75) is 37.8 Å². The van der Waals surface area contributed by atoms with Gasteiger partial charge in [0.25, 0.3) is 0 Å². The Balaban J connectivity index is 1.92. The zero-order valence-corrected chi connectivity index (χ0v) is 11.2. The maximum Gasteiger partial charge on any atom is 0.323 e. The van der Waals surface area contributed by atoms with Crippen molar-refractivity contribution in [1.29, 1.82) is 0 Å². The predicted molar refractivity (Wildman–Crippen MR) is 68.7 cm³/mol. The molecule has 1 unspecified atom stereocenters. The fourth-order valence-electron chi connectivity index (χ4n) is 1.88. The van der Waals surface area contributed by atoms with Crippen LogP contribution in [0.2, 0.25) is 0 Å². The van der Waals surface area contributed by atoms with Crippen LogP contribution in [0.1, 0.15) is 26.2 Å². The highest BCUT2D eigenvalue weighted by atomic mass is 19.2. The molecule has 0 amide bonds. The van der Waals surface area contributed by atoms with Gasteiger partial charge in [-0.2, -0.15) is 4.39 Å². The Hall–Kier alpha value is -1.69. The van der Waals surface area contributed by atoms with E-state index in [0.29, 0.717) is 0 Å². The molecular formula is C14H17F2NO3. The summed E-state index contributed by atoms with van der Waals surface area (Å²) in [6.07, 6.45) is 2.08. The van der Waals surface area contributed by atoms with Crippen LogP contribution in [0.25, 0.3) is 0 Å². The van der Waals surface area contributed by atoms with E-state index in [1.807, 2.05) is 0 Å². The lowest BCUT2D eigenvalue weighted by atomic mass is 9.98. The number of benzene rings is 1. The van der Waals surface area contributed by atoms with Crippen molar-refractivity contribution < 1.29 is 23.4 Å². The fraction of sp³-hybridized carbons (Fsp3) is 0.500. The zero-order valence-electron chi connectivity index (χ0n) is 11.2. The molecule has 0 saturated heterocycles. The van der Waals surface area contributed by atoms with Crippen LogP contribution >= 0.6 is 0 Å². The van der Waals surface area contributed by atoms with E-state index in [4.69, 9.17) is 4.74 Å². The standard InChI is InChI=1S/C14H17F2NO3/c1-14(13(18)19,17-9-5-6-9)7-8-20-11-4-2-3-10(15)12(11)16/h2-4,9,17H,5-8H2,1H3,(H,18,19). The molecule has 4 nitrogen and oxygen atoms in total. The molecule has 20 heavy (non-hydrogen) atoms. The van der Waals surface area contributed by atoms with Gasteiger partial charge in [0.1, 0.15) is 5.54 Å². The molecule has 1 atom stereocenters. The van der Waals surface area contributed by atoms with Crippen molar-refractivity contribution in [1.82, 2.24) is 5.32 Å². The SMILES string of the molecule is CC(CCOc1cccc(F)c1F)(NC1CC1)C(=O)O. The van der Waals surface area contributed by atoms with Crippen molar-refractivity contribution in [3.63, 3.8) is 0 Å². The van der Waals surface area contributed by atoms with Crippen molar-refractivity contribution in [2.24, 2.45) is 0 Å². The largest absolute Gasteiger partial charge is 0.490 e. The minimum absolute atomic E-state index is 0.0110. The molecule has 0 bridgehead atoms. The Morgan fingerprint density at radius 3 is 2.80 bits per heavy atom. The zero-order chi connectivity index (χ0) is 14.8. The van der Waals surface area contributed by atoms with Gasteiger partial charge in [-0.25, -0.2) is 4.39 Å². The Kier molecular flexibility index (Phi) is 4.23. The highest BCUT2D eigenvalue weighted by Gasteiger charge is 2.38. The summed E-state index contributed by atoms with van der Waals surface area (Å²) in [5, 5.41) is 12.3. The molecule has 1 aliphatic carbocycles. The Bertz CT molecular complexity index is 505. The van der Waals surface area contributed by atoms with Gasteiger partial charge in [0.15, 0.2) is 11.6 Å². The molecule has 0 heterocycles. The normalized spacial score (nSPS) is 17.6. The van der Waals surface area contributed by atoms with Crippen LogP contribution in [-0.4, -0.2) is 29.3 Å². The van der Waals surface area contributed by atoms with E-state index in [1.54, 1.807) is 6.92 Å². The van der Waals surface area contributed by atoms with Gasteiger partial charge in [-0.15, -0.1) is 0 Å². The maximum absolute atomic E-state index is 13.4. The first kappa shape index (κ1) is 14.7. The van der Waals surface area contributed by atoms with Crippen LogP contribution in [0.5, 0.6) is 5.75 Å². The van der Waals surface area contributed by atoms with Gasteiger partial charge in [0, 0.05) is 12.5 Å². The lowest BCUT2D eigenvalue weighted by molar-refractivity contribution is -0.144. The molecule has 1 aromatic rings. The van der Waals surface area contributed by atoms with Crippen LogP contribution in [0.3, 0.4) is 0 Å². The van der Waals surface area contributed by atoms with Crippen molar-refractivity contribution in [3.8, 4) is 5.75 Å². The summed E-state index contributed by atoms with van der Waals surface area (Å²) in [4.78, 5) is 11.3. The highest BCUT2D eigenvalue weighted by molar-refractivity contribution is 5.78. The second-order valence-electron chi connectivity index (χ2n) is 5.21. The molecule has 1 fully saturated rings. The second kappa shape index (κ2) is 5.75. The number of rotatable bonds is 7. The number of halogens is 2. The lowest BCUT2D eigenvalue weighted by Gasteiger charge is -2.26. The molecule has 1 aromatic carbocycles. The van der Waals surface area contributed by atoms with E-state index in [2.05, 4.69) is 5.32 Å². The van der Waals surface area contributed by atoms with E-state index in [-0.39, 0.29) is 24.8 Å². The molecule has 1 saturated carbocycles. The van der Waals surface area contributed by atoms with Gasteiger partial charge >= 0.3 is 5.97 Å².